The summed E-state index contributed by atoms with van der Waals surface area (Å²) in [4.78, 5) is 32.2. The number of aromatic nitrogens is 2. The van der Waals surface area contributed by atoms with Crippen LogP contribution in [0, 0.1) is 0 Å². The number of amides is 2. The maximum Gasteiger partial charge on any atom is 0.416 e. The Morgan fingerprint density at radius 2 is 2.00 bits per heavy atom. The van der Waals surface area contributed by atoms with Crippen LogP contribution >= 0.6 is 0 Å². The van der Waals surface area contributed by atoms with Crippen molar-refractivity contribution in [1.82, 2.24) is 9.55 Å². The Bertz CT molecular complexity index is 1220. The van der Waals surface area contributed by atoms with Crippen molar-refractivity contribution in [2.24, 2.45) is 0 Å². The van der Waals surface area contributed by atoms with Crippen molar-refractivity contribution in [2.75, 3.05) is 23.4 Å². The molecule has 2 atom stereocenters. The van der Waals surface area contributed by atoms with E-state index in [4.69, 9.17) is 4.74 Å². The van der Waals surface area contributed by atoms with E-state index in [0.29, 0.717) is 30.1 Å². The van der Waals surface area contributed by atoms with E-state index in [1.165, 1.54) is 12.1 Å². The predicted octanol–water partition coefficient (Wildman–Crippen LogP) is 4.15. The molecular formula is C23H21F3N4O3. The minimum Gasteiger partial charge on any atom is -0.376 e. The average molecular weight is 458 g/mol. The molecule has 3 aromatic rings. The summed E-state index contributed by atoms with van der Waals surface area (Å²) in [6.07, 6.45) is -3.09. The number of para-hydroxylation sites is 2. The van der Waals surface area contributed by atoms with Gasteiger partial charge in [0.15, 0.2) is 0 Å². The van der Waals surface area contributed by atoms with Gasteiger partial charge in [0.1, 0.15) is 6.04 Å². The number of carbonyl (C=O) groups excluding carboxylic acids is 2. The molecule has 7 nitrogen and oxygen atoms in total. The van der Waals surface area contributed by atoms with E-state index in [9.17, 15) is 22.8 Å². The minimum absolute atomic E-state index is 0.0206. The zero-order valence-electron chi connectivity index (χ0n) is 17.5. The second-order valence-corrected chi connectivity index (χ2v) is 8.20. The lowest BCUT2D eigenvalue weighted by Gasteiger charge is -2.19. The van der Waals surface area contributed by atoms with Crippen LogP contribution in [0.15, 0.2) is 48.5 Å². The van der Waals surface area contributed by atoms with Crippen LogP contribution in [0.2, 0.25) is 0 Å². The smallest absolute Gasteiger partial charge is 0.376 e. The first-order valence-corrected chi connectivity index (χ1v) is 10.7. The van der Waals surface area contributed by atoms with E-state index in [-0.39, 0.29) is 24.1 Å². The minimum atomic E-state index is -4.52. The van der Waals surface area contributed by atoms with E-state index < -0.39 is 23.7 Å². The van der Waals surface area contributed by atoms with Crippen LogP contribution in [0.3, 0.4) is 0 Å². The Balaban J connectivity index is 1.41. The van der Waals surface area contributed by atoms with Gasteiger partial charge in [-0.2, -0.15) is 13.2 Å². The van der Waals surface area contributed by atoms with Crippen LogP contribution in [0.1, 0.15) is 30.9 Å². The summed E-state index contributed by atoms with van der Waals surface area (Å²) in [7, 11) is 0. The maximum atomic E-state index is 13.3. The summed E-state index contributed by atoms with van der Waals surface area (Å²) in [5, 5.41) is 2.49. The Hall–Kier alpha value is -3.40. The second kappa shape index (κ2) is 8.18. The normalized spacial score (nSPS) is 20.5. The number of alkyl halides is 3. The summed E-state index contributed by atoms with van der Waals surface area (Å²) in [5.74, 6) is -0.387. The fourth-order valence-corrected chi connectivity index (χ4v) is 4.42. The number of rotatable bonds is 5. The molecule has 0 spiro atoms. The third kappa shape index (κ3) is 4.06. The third-order valence-electron chi connectivity index (χ3n) is 5.94. The fourth-order valence-electron chi connectivity index (χ4n) is 4.42. The van der Waals surface area contributed by atoms with Crippen LogP contribution in [-0.2, 0) is 20.5 Å². The molecule has 0 saturated carbocycles. The highest BCUT2D eigenvalue weighted by atomic mass is 19.4. The zero-order chi connectivity index (χ0) is 23.2. The summed E-state index contributed by atoms with van der Waals surface area (Å²) in [6.45, 7) is 0.986. The fraction of sp³-hybridized carbons (Fsp3) is 0.348. The van der Waals surface area contributed by atoms with E-state index in [0.717, 1.165) is 25.0 Å². The molecule has 172 valence electrons. The molecule has 3 heterocycles. The molecule has 0 radical (unpaired) electrons. The molecule has 0 bridgehead atoms. The molecule has 1 fully saturated rings. The number of carbonyl (C=O) groups is 2. The first kappa shape index (κ1) is 21.4. The Morgan fingerprint density at radius 3 is 2.76 bits per heavy atom. The molecule has 2 aromatic carbocycles. The van der Waals surface area contributed by atoms with Gasteiger partial charge in [-0.15, -0.1) is 0 Å². The van der Waals surface area contributed by atoms with Gasteiger partial charge in [0, 0.05) is 12.3 Å². The topological polar surface area (TPSA) is 76.5 Å². The molecule has 1 aromatic heterocycles. The highest BCUT2D eigenvalue weighted by Crippen LogP contribution is 2.37. The van der Waals surface area contributed by atoms with Crippen LogP contribution in [0.5, 0.6) is 0 Å². The summed E-state index contributed by atoms with van der Waals surface area (Å²) in [6, 6.07) is 10.9. The number of hydrogen-bond donors (Lipinski definition) is 1. The second-order valence-electron chi connectivity index (χ2n) is 8.20. The molecule has 5 rings (SSSR count). The zero-order valence-corrected chi connectivity index (χ0v) is 17.5. The maximum absolute atomic E-state index is 13.3. The first-order valence-electron chi connectivity index (χ1n) is 10.7. The van der Waals surface area contributed by atoms with E-state index in [2.05, 4.69) is 10.3 Å². The van der Waals surface area contributed by atoms with Gasteiger partial charge < -0.3 is 10.1 Å². The van der Waals surface area contributed by atoms with Crippen molar-refractivity contribution in [3.05, 3.63) is 54.1 Å². The van der Waals surface area contributed by atoms with Crippen molar-refractivity contribution in [3.63, 3.8) is 0 Å². The van der Waals surface area contributed by atoms with Crippen molar-refractivity contribution >= 4 is 34.5 Å². The lowest BCUT2D eigenvalue weighted by molar-refractivity contribution is -0.137. The Labute approximate surface area is 187 Å². The molecule has 0 aliphatic carbocycles. The largest absolute Gasteiger partial charge is 0.416 e. The summed E-state index contributed by atoms with van der Waals surface area (Å²) in [5.41, 5.74) is 0.572. The molecule has 1 saturated heterocycles. The molecule has 0 unspecified atom stereocenters. The number of ether oxygens (including phenoxy) is 1. The van der Waals surface area contributed by atoms with Crippen molar-refractivity contribution in [1.29, 1.82) is 0 Å². The molecular weight excluding hydrogens is 437 g/mol. The van der Waals surface area contributed by atoms with Gasteiger partial charge in [-0.25, -0.2) is 4.98 Å². The Morgan fingerprint density at radius 1 is 1.18 bits per heavy atom. The lowest BCUT2D eigenvalue weighted by Crippen LogP contribution is -2.37. The Kier molecular flexibility index (Phi) is 5.32. The molecule has 1 N–H and O–H groups in total. The summed E-state index contributed by atoms with van der Waals surface area (Å²) < 4.78 is 46.4. The van der Waals surface area contributed by atoms with Crippen LogP contribution in [-0.4, -0.2) is 40.6 Å². The molecule has 2 aliphatic heterocycles. The monoisotopic (exact) mass is 458 g/mol. The van der Waals surface area contributed by atoms with Crippen LogP contribution < -0.4 is 10.2 Å². The van der Waals surface area contributed by atoms with Crippen LogP contribution in [0.25, 0.3) is 11.0 Å². The highest BCUT2D eigenvalue weighted by Gasteiger charge is 2.42. The SMILES string of the molecule is O=C(C[C@@H]1C(=O)N(C[C@@H]2CCCO2)c2nc3ccccc3n21)Nc1cccc(C(F)(F)F)c1. The van der Waals surface area contributed by atoms with Crippen molar-refractivity contribution in [3.8, 4) is 0 Å². The van der Waals surface area contributed by atoms with Crippen LogP contribution in [0.4, 0.5) is 24.8 Å². The highest BCUT2D eigenvalue weighted by molar-refractivity contribution is 6.05. The average Bonchev–Trinajstić information content (AvgIpc) is 3.47. The molecule has 10 heteroatoms. The number of benzene rings is 2. The predicted molar refractivity (Wildman–Crippen MR) is 115 cm³/mol. The van der Waals surface area contributed by atoms with Gasteiger partial charge in [0.2, 0.25) is 11.9 Å². The number of anilines is 2. The molecule has 2 aliphatic rings. The third-order valence-corrected chi connectivity index (χ3v) is 5.94. The van der Waals surface area contributed by atoms with Gasteiger partial charge in [0.25, 0.3) is 5.91 Å². The number of hydrogen-bond acceptors (Lipinski definition) is 4. The van der Waals surface area contributed by atoms with Crippen molar-refractivity contribution in [2.45, 2.75) is 37.6 Å². The standard InChI is InChI=1S/C23H21F3N4O3/c24-23(25,26)14-5-3-6-15(11-14)27-20(31)12-19-21(32)29(13-16-7-4-10-33-16)22-28-17-8-1-2-9-18(17)30(19)22/h1-3,5-6,8-9,11,16,19H,4,7,10,12-13H2,(H,27,31)/t16-,19+/m0/s1. The van der Waals surface area contributed by atoms with Gasteiger partial charge in [-0.3, -0.25) is 19.1 Å². The summed E-state index contributed by atoms with van der Waals surface area (Å²) >= 11 is 0. The molecule has 2 amide bonds. The van der Waals surface area contributed by atoms with Gasteiger partial charge in [-0.05, 0) is 43.2 Å². The number of imidazole rings is 1. The van der Waals surface area contributed by atoms with Gasteiger partial charge >= 0.3 is 6.18 Å². The molecule has 33 heavy (non-hydrogen) atoms. The van der Waals surface area contributed by atoms with Gasteiger partial charge in [-0.1, -0.05) is 18.2 Å². The quantitative estimate of drug-likeness (QED) is 0.623. The van der Waals surface area contributed by atoms with E-state index in [1.54, 1.807) is 9.47 Å². The van der Waals surface area contributed by atoms with Crippen molar-refractivity contribution < 1.29 is 27.5 Å². The number of halogens is 3. The number of nitrogens with one attached hydrogen (secondary N) is 1. The lowest BCUT2D eigenvalue weighted by atomic mass is 10.1. The van der Waals surface area contributed by atoms with E-state index >= 15 is 0 Å². The first-order chi connectivity index (χ1) is 15.8. The van der Waals surface area contributed by atoms with E-state index in [1.807, 2.05) is 24.3 Å². The number of fused-ring (bicyclic) bond motifs is 3. The number of nitrogens with zero attached hydrogens (tertiary/aromatic N) is 3. The van der Waals surface area contributed by atoms with Gasteiger partial charge in [0.05, 0.1) is 35.7 Å².